The Balaban J connectivity index is 1.58. The van der Waals surface area contributed by atoms with Gasteiger partial charge < -0.3 is 10.6 Å². The molecular weight excluding hydrogens is 224 g/mol. The molecule has 4 aliphatic rings. The van der Waals surface area contributed by atoms with Gasteiger partial charge in [0, 0.05) is 18.5 Å². The van der Waals surface area contributed by atoms with Crippen LogP contribution in [0.15, 0.2) is 0 Å². The molecule has 2 N–H and O–H groups in total. The van der Waals surface area contributed by atoms with E-state index in [0.29, 0.717) is 12.5 Å². The molecule has 0 aromatic rings. The molecule has 4 rings (SSSR count). The summed E-state index contributed by atoms with van der Waals surface area (Å²) in [4.78, 5) is 12.1. The van der Waals surface area contributed by atoms with Crippen molar-refractivity contribution in [2.45, 2.75) is 57.5 Å². The summed E-state index contributed by atoms with van der Waals surface area (Å²) in [5.41, 5.74) is 0. The number of nitrogens with one attached hydrogen (secondary N) is 2. The molecule has 102 valence electrons. The monoisotopic (exact) mass is 250 g/mol. The minimum Gasteiger partial charge on any atom is -0.353 e. The number of amides is 1. The van der Waals surface area contributed by atoms with E-state index in [1.807, 2.05) is 7.05 Å². The second-order valence-corrected chi connectivity index (χ2v) is 6.92. The van der Waals surface area contributed by atoms with Gasteiger partial charge in [-0.2, -0.15) is 0 Å². The molecule has 4 aliphatic carbocycles. The molecule has 0 aromatic carbocycles. The molecule has 4 fully saturated rings. The van der Waals surface area contributed by atoms with Gasteiger partial charge in [-0.1, -0.05) is 0 Å². The van der Waals surface area contributed by atoms with E-state index in [0.717, 1.165) is 23.7 Å². The standard InChI is InChI=1S/C15H26N2O/c1-9(16-2)3-14(18)17-15-12-5-10-4-11(7-12)8-13(15)6-10/h9-13,15-16H,3-8H2,1-2H3,(H,17,18). The molecule has 3 heteroatoms. The topological polar surface area (TPSA) is 41.1 Å². The maximum atomic E-state index is 12.1. The van der Waals surface area contributed by atoms with Crippen LogP contribution in [-0.2, 0) is 4.79 Å². The first-order valence-electron chi connectivity index (χ1n) is 7.62. The zero-order valence-corrected chi connectivity index (χ0v) is 11.6. The zero-order chi connectivity index (χ0) is 12.7. The lowest BCUT2D eigenvalue weighted by Gasteiger charge is -2.54. The Hall–Kier alpha value is -0.570. The van der Waals surface area contributed by atoms with E-state index in [9.17, 15) is 4.79 Å². The van der Waals surface area contributed by atoms with Gasteiger partial charge in [0.15, 0.2) is 0 Å². The van der Waals surface area contributed by atoms with Crippen LogP contribution in [0.4, 0.5) is 0 Å². The molecule has 0 heterocycles. The molecule has 4 bridgehead atoms. The van der Waals surface area contributed by atoms with E-state index in [4.69, 9.17) is 0 Å². The lowest BCUT2D eigenvalue weighted by molar-refractivity contribution is -0.125. The Bertz CT molecular complexity index is 300. The van der Waals surface area contributed by atoms with Gasteiger partial charge in [0.25, 0.3) is 0 Å². The molecule has 1 amide bonds. The van der Waals surface area contributed by atoms with Crippen molar-refractivity contribution in [3.05, 3.63) is 0 Å². The highest BCUT2D eigenvalue weighted by Crippen LogP contribution is 2.53. The van der Waals surface area contributed by atoms with Crippen LogP contribution in [0.1, 0.15) is 45.4 Å². The van der Waals surface area contributed by atoms with Gasteiger partial charge in [-0.25, -0.2) is 0 Å². The Labute approximate surface area is 110 Å². The highest BCUT2D eigenvalue weighted by molar-refractivity contribution is 5.77. The molecule has 1 unspecified atom stereocenters. The van der Waals surface area contributed by atoms with Crippen molar-refractivity contribution < 1.29 is 4.79 Å². The second kappa shape index (κ2) is 4.84. The molecule has 0 spiro atoms. The summed E-state index contributed by atoms with van der Waals surface area (Å²) >= 11 is 0. The van der Waals surface area contributed by atoms with Gasteiger partial charge in [-0.15, -0.1) is 0 Å². The number of carbonyl (C=O) groups excluding carboxylic acids is 1. The Kier molecular flexibility index (Phi) is 3.35. The Morgan fingerprint density at radius 3 is 2.17 bits per heavy atom. The molecule has 1 atom stereocenters. The molecular formula is C15H26N2O. The third-order valence-corrected chi connectivity index (χ3v) is 5.54. The number of carbonyl (C=O) groups is 1. The minimum atomic E-state index is 0.245. The van der Waals surface area contributed by atoms with Gasteiger partial charge in [0.2, 0.25) is 5.91 Å². The highest BCUT2D eigenvalue weighted by Gasteiger charge is 2.48. The third kappa shape index (κ3) is 2.29. The average molecular weight is 250 g/mol. The zero-order valence-electron chi connectivity index (χ0n) is 11.6. The Morgan fingerprint density at radius 1 is 1.11 bits per heavy atom. The SMILES string of the molecule is CNC(C)CC(=O)NC1C2CC3CC(C2)CC1C3. The minimum absolute atomic E-state index is 0.245. The summed E-state index contributed by atoms with van der Waals surface area (Å²) in [6, 6.07) is 0.774. The molecule has 0 aliphatic heterocycles. The summed E-state index contributed by atoms with van der Waals surface area (Å²) in [7, 11) is 1.92. The summed E-state index contributed by atoms with van der Waals surface area (Å²) in [5.74, 6) is 3.79. The summed E-state index contributed by atoms with van der Waals surface area (Å²) in [5, 5.41) is 6.49. The van der Waals surface area contributed by atoms with Crippen LogP contribution < -0.4 is 10.6 Å². The number of rotatable bonds is 4. The predicted octanol–water partition coefficient (Wildman–Crippen LogP) is 1.93. The van der Waals surface area contributed by atoms with Crippen molar-refractivity contribution in [3.8, 4) is 0 Å². The summed E-state index contributed by atoms with van der Waals surface area (Å²) in [6.07, 6.45) is 7.59. The van der Waals surface area contributed by atoms with Crippen LogP contribution >= 0.6 is 0 Å². The quantitative estimate of drug-likeness (QED) is 0.800. The van der Waals surface area contributed by atoms with E-state index in [1.165, 1.54) is 32.1 Å². The van der Waals surface area contributed by atoms with Crippen LogP contribution in [0, 0.1) is 23.7 Å². The van der Waals surface area contributed by atoms with Gasteiger partial charge in [0.1, 0.15) is 0 Å². The van der Waals surface area contributed by atoms with Crippen molar-refractivity contribution in [1.29, 1.82) is 0 Å². The van der Waals surface area contributed by atoms with Crippen LogP contribution in [0.2, 0.25) is 0 Å². The first kappa shape index (κ1) is 12.5. The van der Waals surface area contributed by atoms with Crippen molar-refractivity contribution >= 4 is 5.91 Å². The first-order chi connectivity index (χ1) is 8.65. The van der Waals surface area contributed by atoms with Crippen molar-refractivity contribution in [3.63, 3.8) is 0 Å². The number of hydrogen-bond acceptors (Lipinski definition) is 2. The van der Waals surface area contributed by atoms with Gasteiger partial charge in [0.05, 0.1) is 0 Å². The molecule has 18 heavy (non-hydrogen) atoms. The summed E-state index contributed by atoms with van der Waals surface area (Å²) in [6.45, 7) is 2.07. The van der Waals surface area contributed by atoms with Crippen molar-refractivity contribution in [2.24, 2.45) is 23.7 Å². The molecule has 0 radical (unpaired) electrons. The molecule has 4 saturated carbocycles. The maximum Gasteiger partial charge on any atom is 0.221 e. The van der Waals surface area contributed by atoms with E-state index in [-0.39, 0.29) is 11.9 Å². The van der Waals surface area contributed by atoms with Crippen LogP contribution in [0.25, 0.3) is 0 Å². The third-order valence-electron chi connectivity index (χ3n) is 5.54. The smallest absolute Gasteiger partial charge is 0.221 e. The summed E-state index contributed by atoms with van der Waals surface area (Å²) < 4.78 is 0. The fourth-order valence-corrected chi connectivity index (χ4v) is 4.79. The fraction of sp³-hybridized carbons (Fsp3) is 0.933. The van der Waals surface area contributed by atoms with E-state index < -0.39 is 0 Å². The van der Waals surface area contributed by atoms with Gasteiger partial charge in [-0.3, -0.25) is 4.79 Å². The van der Waals surface area contributed by atoms with Crippen LogP contribution in [0.5, 0.6) is 0 Å². The fourth-order valence-electron chi connectivity index (χ4n) is 4.79. The lowest BCUT2D eigenvalue weighted by Crippen LogP contribution is -2.56. The van der Waals surface area contributed by atoms with E-state index in [1.54, 1.807) is 0 Å². The van der Waals surface area contributed by atoms with Gasteiger partial charge in [-0.05, 0) is 69.7 Å². The van der Waals surface area contributed by atoms with Crippen LogP contribution in [-0.4, -0.2) is 25.0 Å². The second-order valence-electron chi connectivity index (χ2n) is 6.92. The number of hydrogen-bond donors (Lipinski definition) is 2. The van der Waals surface area contributed by atoms with Gasteiger partial charge >= 0.3 is 0 Å². The normalized spacial score (nSPS) is 42.9. The van der Waals surface area contributed by atoms with Crippen molar-refractivity contribution in [2.75, 3.05) is 7.05 Å². The first-order valence-corrected chi connectivity index (χ1v) is 7.62. The van der Waals surface area contributed by atoms with E-state index >= 15 is 0 Å². The van der Waals surface area contributed by atoms with E-state index in [2.05, 4.69) is 17.6 Å². The average Bonchev–Trinajstić information content (AvgIpc) is 2.32. The molecule has 0 saturated heterocycles. The highest BCUT2D eigenvalue weighted by atomic mass is 16.1. The van der Waals surface area contributed by atoms with Crippen molar-refractivity contribution in [1.82, 2.24) is 10.6 Å². The van der Waals surface area contributed by atoms with Crippen LogP contribution in [0.3, 0.4) is 0 Å². The largest absolute Gasteiger partial charge is 0.353 e. The lowest BCUT2D eigenvalue weighted by atomic mass is 9.54. The molecule has 0 aromatic heterocycles. The molecule has 3 nitrogen and oxygen atoms in total. The predicted molar refractivity (Wildman–Crippen MR) is 72.1 cm³/mol. The Morgan fingerprint density at radius 2 is 1.67 bits per heavy atom. The maximum absolute atomic E-state index is 12.1.